The van der Waals surface area contributed by atoms with Crippen LogP contribution in [0.4, 0.5) is 8.78 Å². The van der Waals surface area contributed by atoms with Gasteiger partial charge in [0.2, 0.25) is 5.89 Å². The Bertz CT molecular complexity index is 958. The van der Waals surface area contributed by atoms with Crippen LogP contribution in [0.5, 0.6) is 0 Å². The average Bonchev–Trinajstić information content (AvgIpc) is 3.16. The van der Waals surface area contributed by atoms with E-state index in [1.165, 1.54) is 11.6 Å². The zero-order chi connectivity index (χ0) is 19.9. The number of aryl methyl sites for hydroxylation is 1. The van der Waals surface area contributed by atoms with Crippen LogP contribution in [0, 0.1) is 18.6 Å². The molecule has 1 heterocycles. The number of halogens is 3. The van der Waals surface area contributed by atoms with Crippen molar-refractivity contribution in [2.75, 3.05) is 13.6 Å². The van der Waals surface area contributed by atoms with E-state index in [4.69, 9.17) is 4.42 Å². The SMILES string of the molecule is CN=C(NCCc1cc(F)ccc1F)NCc1coc(-c2ccc(C)cc2)n1.I. The van der Waals surface area contributed by atoms with Crippen molar-refractivity contribution >= 4 is 29.9 Å². The largest absolute Gasteiger partial charge is 0.444 e. The molecule has 0 fully saturated rings. The van der Waals surface area contributed by atoms with Crippen LogP contribution in [-0.2, 0) is 13.0 Å². The number of aromatic nitrogens is 1. The molecule has 3 rings (SSSR count). The van der Waals surface area contributed by atoms with Crippen molar-refractivity contribution in [3.8, 4) is 11.5 Å². The summed E-state index contributed by atoms with van der Waals surface area (Å²) in [5, 5.41) is 6.19. The maximum atomic E-state index is 13.7. The highest BCUT2D eigenvalue weighted by Gasteiger charge is 2.08. The molecule has 0 atom stereocenters. The number of benzene rings is 2. The summed E-state index contributed by atoms with van der Waals surface area (Å²) in [5.41, 5.74) is 3.14. The first-order valence-corrected chi connectivity index (χ1v) is 8.95. The van der Waals surface area contributed by atoms with Crippen molar-refractivity contribution in [2.24, 2.45) is 4.99 Å². The number of oxazole rings is 1. The summed E-state index contributed by atoms with van der Waals surface area (Å²) >= 11 is 0. The predicted molar refractivity (Wildman–Crippen MR) is 120 cm³/mol. The van der Waals surface area contributed by atoms with Gasteiger partial charge in [-0.15, -0.1) is 24.0 Å². The molecule has 2 N–H and O–H groups in total. The summed E-state index contributed by atoms with van der Waals surface area (Å²) in [6, 6.07) is 11.4. The molecule has 0 saturated heterocycles. The Kier molecular flexibility index (Phi) is 8.56. The zero-order valence-electron chi connectivity index (χ0n) is 16.2. The lowest BCUT2D eigenvalue weighted by Gasteiger charge is -2.11. The summed E-state index contributed by atoms with van der Waals surface area (Å²) < 4.78 is 32.4. The fourth-order valence-electron chi connectivity index (χ4n) is 2.66. The van der Waals surface area contributed by atoms with Crippen molar-refractivity contribution in [2.45, 2.75) is 19.9 Å². The lowest BCUT2D eigenvalue weighted by molar-refractivity contribution is 0.572. The highest BCUT2D eigenvalue weighted by atomic mass is 127. The Morgan fingerprint density at radius 2 is 1.86 bits per heavy atom. The first kappa shape index (κ1) is 22.8. The molecule has 0 saturated carbocycles. The third-order valence-electron chi connectivity index (χ3n) is 4.21. The molecule has 0 aliphatic heterocycles. The first-order valence-electron chi connectivity index (χ1n) is 8.95. The summed E-state index contributed by atoms with van der Waals surface area (Å²) in [7, 11) is 1.64. The molecule has 0 spiro atoms. The molecule has 0 bridgehead atoms. The maximum absolute atomic E-state index is 13.7. The van der Waals surface area contributed by atoms with Gasteiger partial charge in [-0.25, -0.2) is 13.8 Å². The number of guanidine groups is 1. The van der Waals surface area contributed by atoms with Gasteiger partial charge >= 0.3 is 0 Å². The molecule has 1 aromatic heterocycles. The zero-order valence-corrected chi connectivity index (χ0v) is 18.5. The number of hydrogen-bond acceptors (Lipinski definition) is 3. The Morgan fingerprint density at radius 3 is 2.59 bits per heavy atom. The number of rotatable bonds is 6. The molecule has 0 amide bonds. The lowest BCUT2D eigenvalue weighted by atomic mass is 10.1. The van der Waals surface area contributed by atoms with Gasteiger partial charge in [0.25, 0.3) is 0 Å². The summed E-state index contributed by atoms with van der Waals surface area (Å²) in [4.78, 5) is 8.58. The molecule has 8 heteroatoms. The fourth-order valence-corrected chi connectivity index (χ4v) is 2.66. The van der Waals surface area contributed by atoms with Gasteiger partial charge in [0.15, 0.2) is 5.96 Å². The van der Waals surface area contributed by atoms with Gasteiger partial charge in [-0.1, -0.05) is 17.7 Å². The molecule has 0 radical (unpaired) electrons. The van der Waals surface area contributed by atoms with Crippen LogP contribution in [0.15, 0.2) is 58.1 Å². The number of nitrogens with zero attached hydrogens (tertiary/aromatic N) is 2. The van der Waals surface area contributed by atoms with E-state index >= 15 is 0 Å². The normalized spacial score (nSPS) is 11.1. The minimum absolute atomic E-state index is 0. The Morgan fingerprint density at radius 1 is 1.10 bits per heavy atom. The van der Waals surface area contributed by atoms with Crippen LogP contribution in [0.25, 0.3) is 11.5 Å². The number of aliphatic imine (C=N–C) groups is 1. The second kappa shape index (κ2) is 10.9. The monoisotopic (exact) mass is 512 g/mol. The Hall–Kier alpha value is -2.49. The van der Waals surface area contributed by atoms with Gasteiger partial charge in [0.05, 0.1) is 12.2 Å². The van der Waals surface area contributed by atoms with E-state index < -0.39 is 11.6 Å². The molecule has 0 aliphatic rings. The Labute approximate surface area is 185 Å². The molecule has 3 aromatic rings. The van der Waals surface area contributed by atoms with E-state index in [9.17, 15) is 8.78 Å². The van der Waals surface area contributed by atoms with Crippen LogP contribution in [0.2, 0.25) is 0 Å². The highest BCUT2D eigenvalue weighted by molar-refractivity contribution is 14.0. The lowest BCUT2D eigenvalue weighted by Crippen LogP contribution is -2.38. The maximum Gasteiger partial charge on any atom is 0.226 e. The number of nitrogens with one attached hydrogen (secondary N) is 2. The quantitative estimate of drug-likeness (QED) is 0.291. The van der Waals surface area contributed by atoms with E-state index in [1.54, 1.807) is 13.3 Å². The van der Waals surface area contributed by atoms with Crippen LogP contribution < -0.4 is 10.6 Å². The topological polar surface area (TPSA) is 62.5 Å². The molecule has 0 aliphatic carbocycles. The summed E-state index contributed by atoms with van der Waals surface area (Å²) in [6.45, 7) is 2.85. The van der Waals surface area contributed by atoms with Crippen molar-refractivity contribution < 1.29 is 13.2 Å². The molecule has 154 valence electrons. The van der Waals surface area contributed by atoms with Crippen molar-refractivity contribution in [3.63, 3.8) is 0 Å². The predicted octanol–water partition coefficient (Wildman–Crippen LogP) is 4.45. The molecular formula is C21H23F2IN4O. The van der Waals surface area contributed by atoms with Crippen molar-refractivity contribution in [3.05, 3.63) is 77.2 Å². The van der Waals surface area contributed by atoms with E-state index in [0.717, 1.165) is 23.4 Å². The second-order valence-electron chi connectivity index (χ2n) is 6.35. The fraction of sp³-hybridized carbons (Fsp3) is 0.238. The van der Waals surface area contributed by atoms with E-state index in [-0.39, 0.29) is 24.0 Å². The van der Waals surface area contributed by atoms with Gasteiger partial charge in [-0.2, -0.15) is 0 Å². The van der Waals surface area contributed by atoms with Gasteiger partial charge in [-0.3, -0.25) is 4.99 Å². The van der Waals surface area contributed by atoms with Crippen molar-refractivity contribution in [1.29, 1.82) is 0 Å². The summed E-state index contributed by atoms with van der Waals surface area (Å²) in [6.07, 6.45) is 1.93. The van der Waals surface area contributed by atoms with E-state index in [0.29, 0.717) is 36.9 Å². The average molecular weight is 512 g/mol. The Balaban J connectivity index is 0.00000300. The minimum Gasteiger partial charge on any atom is -0.444 e. The minimum atomic E-state index is -0.450. The van der Waals surface area contributed by atoms with Crippen LogP contribution >= 0.6 is 24.0 Å². The molecule has 5 nitrogen and oxygen atoms in total. The number of hydrogen-bond donors (Lipinski definition) is 2. The highest BCUT2D eigenvalue weighted by Crippen LogP contribution is 2.19. The van der Waals surface area contributed by atoms with Crippen LogP contribution in [0.1, 0.15) is 16.8 Å². The van der Waals surface area contributed by atoms with Gasteiger partial charge in [-0.05, 0) is 49.2 Å². The van der Waals surface area contributed by atoms with E-state index in [2.05, 4.69) is 20.6 Å². The van der Waals surface area contributed by atoms with Gasteiger partial charge in [0.1, 0.15) is 17.9 Å². The summed E-state index contributed by atoms with van der Waals surface area (Å²) in [5.74, 6) is 0.227. The molecule has 29 heavy (non-hydrogen) atoms. The smallest absolute Gasteiger partial charge is 0.226 e. The van der Waals surface area contributed by atoms with Gasteiger partial charge in [0, 0.05) is 19.2 Å². The van der Waals surface area contributed by atoms with Gasteiger partial charge < -0.3 is 15.1 Å². The first-order chi connectivity index (χ1) is 13.5. The van der Waals surface area contributed by atoms with E-state index in [1.807, 2.05) is 31.2 Å². The molecular weight excluding hydrogens is 489 g/mol. The second-order valence-corrected chi connectivity index (χ2v) is 6.35. The third kappa shape index (κ3) is 6.52. The van der Waals surface area contributed by atoms with Crippen LogP contribution in [0.3, 0.4) is 0 Å². The molecule has 2 aromatic carbocycles. The van der Waals surface area contributed by atoms with Crippen molar-refractivity contribution in [1.82, 2.24) is 15.6 Å². The van der Waals surface area contributed by atoms with Crippen LogP contribution in [-0.4, -0.2) is 24.5 Å². The third-order valence-corrected chi connectivity index (χ3v) is 4.21. The standard InChI is InChI=1S/C21H22F2N4O.HI/c1-14-3-5-15(6-4-14)20-27-18(13-28-20)12-26-21(24-2)25-10-9-16-11-17(22)7-8-19(16)23;/h3-8,11,13H,9-10,12H2,1-2H3,(H2,24,25,26);1H. The molecule has 0 unspecified atom stereocenters.